The summed E-state index contributed by atoms with van der Waals surface area (Å²) in [6, 6.07) is 19.9. The van der Waals surface area contributed by atoms with E-state index in [0.717, 1.165) is 17.7 Å². The molecule has 4 rings (SSSR count). The number of thioether (sulfide) groups is 1. The second-order valence-electron chi connectivity index (χ2n) is 6.32. The van der Waals surface area contributed by atoms with E-state index in [1.54, 1.807) is 24.3 Å². The predicted octanol–water partition coefficient (Wildman–Crippen LogP) is 5.52. The van der Waals surface area contributed by atoms with Crippen LogP contribution >= 0.6 is 11.8 Å². The van der Waals surface area contributed by atoms with Crippen molar-refractivity contribution in [3.63, 3.8) is 0 Å². The van der Waals surface area contributed by atoms with E-state index in [1.807, 2.05) is 37.3 Å². The minimum absolute atomic E-state index is 0.0209. The fraction of sp³-hybridized carbons (Fsp3) is 0.0909. The van der Waals surface area contributed by atoms with Crippen LogP contribution in [0.15, 0.2) is 82.7 Å². The average Bonchev–Trinajstić information content (AvgIpc) is 2.70. The lowest BCUT2D eigenvalue weighted by atomic mass is 10.2. The summed E-state index contributed by atoms with van der Waals surface area (Å²) < 4.78 is 29.1. The second kappa shape index (κ2) is 7.56. The summed E-state index contributed by atoms with van der Waals surface area (Å²) in [5.41, 5.74) is 1.18. The molecule has 0 saturated heterocycles. The van der Waals surface area contributed by atoms with Gasteiger partial charge in [-0.3, -0.25) is 9.36 Å². The fourth-order valence-corrected chi connectivity index (χ4v) is 4.06. The third-order valence-electron chi connectivity index (χ3n) is 4.45. The summed E-state index contributed by atoms with van der Waals surface area (Å²) in [6.07, 6.45) is 0. The molecular formula is C22H16F2N2OS. The van der Waals surface area contributed by atoms with Crippen LogP contribution in [0.5, 0.6) is 0 Å². The quantitative estimate of drug-likeness (QED) is 0.338. The lowest BCUT2D eigenvalue weighted by Crippen LogP contribution is -2.23. The van der Waals surface area contributed by atoms with Gasteiger partial charge in [-0.1, -0.05) is 54.2 Å². The Hall–Kier alpha value is -2.99. The van der Waals surface area contributed by atoms with E-state index in [9.17, 15) is 13.6 Å². The predicted molar refractivity (Wildman–Crippen MR) is 108 cm³/mol. The Labute approximate surface area is 164 Å². The Morgan fingerprint density at radius 3 is 2.43 bits per heavy atom. The van der Waals surface area contributed by atoms with Crippen molar-refractivity contribution in [2.24, 2.45) is 0 Å². The van der Waals surface area contributed by atoms with E-state index in [2.05, 4.69) is 4.98 Å². The molecule has 0 amide bonds. The van der Waals surface area contributed by atoms with Crippen LogP contribution < -0.4 is 5.56 Å². The van der Waals surface area contributed by atoms with Crippen LogP contribution in [0, 0.1) is 11.6 Å². The molecule has 1 atom stereocenters. The van der Waals surface area contributed by atoms with Crippen LogP contribution in [0.3, 0.4) is 0 Å². The molecule has 0 spiro atoms. The van der Waals surface area contributed by atoms with E-state index in [-0.39, 0.29) is 16.5 Å². The van der Waals surface area contributed by atoms with Crippen LogP contribution in [0.1, 0.15) is 17.7 Å². The highest BCUT2D eigenvalue weighted by atomic mass is 32.2. The third kappa shape index (κ3) is 3.43. The first kappa shape index (κ1) is 18.4. The first-order valence-electron chi connectivity index (χ1n) is 8.73. The molecule has 0 fully saturated rings. The molecule has 1 aromatic heterocycles. The molecule has 3 nitrogen and oxygen atoms in total. The second-order valence-corrected chi connectivity index (χ2v) is 7.63. The molecule has 6 heteroatoms. The zero-order chi connectivity index (χ0) is 19.7. The van der Waals surface area contributed by atoms with Gasteiger partial charge in [-0.2, -0.15) is 0 Å². The average molecular weight is 394 g/mol. The van der Waals surface area contributed by atoms with Gasteiger partial charge in [0.1, 0.15) is 11.6 Å². The molecule has 140 valence electrons. The zero-order valence-corrected chi connectivity index (χ0v) is 15.8. The minimum Gasteiger partial charge on any atom is -0.268 e. The maximum atomic E-state index is 14.5. The number of fused-ring (bicyclic) bond motifs is 1. The van der Waals surface area contributed by atoms with E-state index >= 15 is 0 Å². The molecule has 0 aliphatic heterocycles. The molecule has 1 unspecified atom stereocenters. The van der Waals surface area contributed by atoms with Gasteiger partial charge in [0.2, 0.25) is 0 Å². The van der Waals surface area contributed by atoms with Crippen molar-refractivity contribution in [2.45, 2.75) is 17.3 Å². The van der Waals surface area contributed by atoms with Gasteiger partial charge in [-0.15, -0.1) is 0 Å². The van der Waals surface area contributed by atoms with Gasteiger partial charge in [0.05, 0.1) is 16.6 Å². The minimum atomic E-state index is -0.812. The van der Waals surface area contributed by atoms with Gasteiger partial charge in [0.25, 0.3) is 5.56 Å². The SMILES string of the molecule is CC(Sc1nc2ccccc2c(=O)n1-c1ccc(F)cc1F)c1ccccc1. The van der Waals surface area contributed by atoms with Gasteiger partial charge in [0, 0.05) is 11.3 Å². The topological polar surface area (TPSA) is 34.9 Å². The Bertz CT molecular complexity index is 1210. The van der Waals surface area contributed by atoms with Crippen LogP contribution in [-0.4, -0.2) is 9.55 Å². The number of nitrogens with zero attached hydrogens (tertiary/aromatic N) is 2. The lowest BCUT2D eigenvalue weighted by molar-refractivity contribution is 0.572. The molecule has 0 aliphatic rings. The Kier molecular flexibility index (Phi) is 4.96. The van der Waals surface area contributed by atoms with Crippen LogP contribution in [0.25, 0.3) is 16.6 Å². The standard InChI is InChI=1S/C22H16F2N2OS/c1-14(15-7-3-2-4-8-15)28-22-25-19-10-6-5-9-17(19)21(27)26(22)20-12-11-16(23)13-18(20)24/h2-14H,1H3. The van der Waals surface area contributed by atoms with Crippen molar-refractivity contribution in [1.29, 1.82) is 0 Å². The molecule has 3 aromatic carbocycles. The number of para-hydroxylation sites is 1. The van der Waals surface area contributed by atoms with Crippen molar-refractivity contribution in [3.8, 4) is 5.69 Å². The Balaban J connectivity index is 1.92. The maximum Gasteiger partial charge on any atom is 0.266 e. The summed E-state index contributed by atoms with van der Waals surface area (Å²) >= 11 is 1.35. The molecule has 0 radical (unpaired) electrons. The van der Waals surface area contributed by atoms with Crippen molar-refractivity contribution < 1.29 is 8.78 Å². The highest BCUT2D eigenvalue weighted by molar-refractivity contribution is 7.99. The molecule has 4 aromatic rings. The number of rotatable bonds is 4. The first-order chi connectivity index (χ1) is 13.5. The number of halogens is 2. The van der Waals surface area contributed by atoms with Gasteiger partial charge in [-0.05, 0) is 36.8 Å². The summed E-state index contributed by atoms with van der Waals surface area (Å²) in [6.45, 7) is 1.99. The zero-order valence-electron chi connectivity index (χ0n) is 15.0. The maximum absolute atomic E-state index is 14.5. The number of hydrogen-bond donors (Lipinski definition) is 0. The van der Waals surface area contributed by atoms with Crippen LogP contribution in [0.4, 0.5) is 8.78 Å². The number of aromatic nitrogens is 2. The summed E-state index contributed by atoms with van der Waals surface area (Å²) in [4.78, 5) is 17.8. The van der Waals surface area contributed by atoms with Crippen LogP contribution in [-0.2, 0) is 0 Å². The Morgan fingerprint density at radius 2 is 1.68 bits per heavy atom. The molecule has 0 saturated carbocycles. The lowest BCUT2D eigenvalue weighted by Gasteiger charge is -2.17. The molecule has 0 bridgehead atoms. The van der Waals surface area contributed by atoms with Gasteiger partial charge in [0.15, 0.2) is 5.16 Å². The molecular weight excluding hydrogens is 378 g/mol. The highest BCUT2D eigenvalue weighted by Gasteiger charge is 2.19. The van der Waals surface area contributed by atoms with Crippen molar-refractivity contribution in [2.75, 3.05) is 0 Å². The highest BCUT2D eigenvalue weighted by Crippen LogP contribution is 2.35. The summed E-state index contributed by atoms with van der Waals surface area (Å²) in [5, 5.41) is 0.706. The smallest absolute Gasteiger partial charge is 0.266 e. The normalized spacial score (nSPS) is 12.2. The van der Waals surface area contributed by atoms with Crippen molar-refractivity contribution in [1.82, 2.24) is 9.55 Å². The van der Waals surface area contributed by atoms with Crippen molar-refractivity contribution in [3.05, 3.63) is 100 Å². The number of hydrogen-bond acceptors (Lipinski definition) is 3. The largest absolute Gasteiger partial charge is 0.268 e. The molecule has 28 heavy (non-hydrogen) atoms. The third-order valence-corrected chi connectivity index (χ3v) is 5.56. The summed E-state index contributed by atoms with van der Waals surface area (Å²) in [7, 11) is 0. The molecule has 0 aliphatic carbocycles. The first-order valence-corrected chi connectivity index (χ1v) is 9.61. The van der Waals surface area contributed by atoms with Crippen LogP contribution in [0.2, 0.25) is 0 Å². The molecule has 1 heterocycles. The van der Waals surface area contributed by atoms with Crippen molar-refractivity contribution >= 4 is 22.7 Å². The van der Waals surface area contributed by atoms with Gasteiger partial charge in [-0.25, -0.2) is 13.8 Å². The van der Waals surface area contributed by atoms with E-state index in [4.69, 9.17) is 0 Å². The summed E-state index contributed by atoms with van der Waals surface area (Å²) in [5.74, 6) is -1.51. The molecule has 0 N–H and O–H groups in total. The number of benzene rings is 3. The van der Waals surface area contributed by atoms with E-state index in [0.29, 0.717) is 16.1 Å². The van der Waals surface area contributed by atoms with Gasteiger partial charge < -0.3 is 0 Å². The Morgan fingerprint density at radius 1 is 0.964 bits per heavy atom. The van der Waals surface area contributed by atoms with E-state index in [1.165, 1.54) is 22.4 Å². The monoisotopic (exact) mass is 394 g/mol. The fourth-order valence-electron chi connectivity index (χ4n) is 3.02. The van der Waals surface area contributed by atoms with E-state index < -0.39 is 11.6 Å². The van der Waals surface area contributed by atoms with Gasteiger partial charge >= 0.3 is 0 Å².